The van der Waals surface area contributed by atoms with Crippen LogP contribution in [0.3, 0.4) is 0 Å². The SMILES string of the molecule is C=CN/C=C(\C=C/CO)c1ccc2nc(-c3cccnc3N)n(-c3ccc(CN4CCC(Nc5ccnc(C#N)n5)CC4)cc3)c2n1.CC. The molecule has 0 amide bonds. The third-order valence-corrected chi connectivity index (χ3v) is 7.94. The van der Waals surface area contributed by atoms with Crippen molar-refractivity contribution in [3.63, 3.8) is 0 Å². The summed E-state index contributed by atoms with van der Waals surface area (Å²) in [6.07, 6.45) is 12.0. The van der Waals surface area contributed by atoms with E-state index < -0.39 is 0 Å². The molecular weight excluding hydrogens is 614 g/mol. The van der Waals surface area contributed by atoms with E-state index in [4.69, 9.17) is 21.0 Å². The smallest absolute Gasteiger partial charge is 0.234 e. The highest BCUT2D eigenvalue weighted by Crippen LogP contribution is 2.31. The quantitative estimate of drug-likeness (QED) is 0.134. The van der Waals surface area contributed by atoms with Gasteiger partial charge in [0.25, 0.3) is 0 Å². The molecular formula is C37H41N11O. The average molecular weight is 656 g/mol. The number of aromatic nitrogens is 6. The van der Waals surface area contributed by atoms with Gasteiger partial charge in [-0.2, -0.15) is 5.26 Å². The Bertz CT molecular complexity index is 1970. The molecule has 49 heavy (non-hydrogen) atoms. The fourth-order valence-corrected chi connectivity index (χ4v) is 5.63. The number of nitrogens with one attached hydrogen (secondary N) is 2. The zero-order chi connectivity index (χ0) is 34.6. The van der Waals surface area contributed by atoms with Gasteiger partial charge in [-0.1, -0.05) is 44.7 Å². The van der Waals surface area contributed by atoms with E-state index in [1.165, 1.54) is 5.56 Å². The number of hydrogen-bond acceptors (Lipinski definition) is 11. The van der Waals surface area contributed by atoms with Crippen molar-refractivity contribution in [1.82, 2.24) is 39.7 Å². The average Bonchev–Trinajstić information content (AvgIpc) is 3.52. The van der Waals surface area contributed by atoms with Gasteiger partial charge in [-0.05, 0) is 67.1 Å². The second kappa shape index (κ2) is 16.8. The van der Waals surface area contributed by atoms with E-state index >= 15 is 0 Å². The number of hydrogen-bond donors (Lipinski definition) is 4. The summed E-state index contributed by atoms with van der Waals surface area (Å²) in [5.41, 5.74) is 12.0. The normalized spacial score (nSPS) is 13.9. The number of allylic oxidation sites excluding steroid dienone is 2. The van der Waals surface area contributed by atoms with E-state index in [1.54, 1.807) is 43.0 Å². The van der Waals surface area contributed by atoms with Gasteiger partial charge in [0.15, 0.2) is 11.5 Å². The monoisotopic (exact) mass is 655 g/mol. The van der Waals surface area contributed by atoms with Crippen LogP contribution in [0, 0.1) is 11.3 Å². The lowest BCUT2D eigenvalue weighted by molar-refractivity contribution is 0.211. The van der Waals surface area contributed by atoms with Crippen molar-refractivity contribution < 1.29 is 5.11 Å². The number of anilines is 2. The molecule has 1 aromatic carbocycles. The Balaban J connectivity index is 0.00000230. The van der Waals surface area contributed by atoms with Crippen molar-refractivity contribution in [3.05, 3.63) is 115 Å². The zero-order valence-corrected chi connectivity index (χ0v) is 27.8. The number of aliphatic hydroxyl groups is 1. The molecule has 0 spiro atoms. The molecule has 5 N–H and O–H groups in total. The van der Waals surface area contributed by atoms with Crippen LogP contribution < -0.4 is 16.4 Å². The van der Waals surface area contributed by atoms with Crippen molar-refractivity contribution >= 4 is 28.4 Å². The number of aliphatic hydroxyl groups excluding tert-OH is 1. The van der Waals surface area contributed by atoms with E-state index in [0.717, 1.165) is 43.7 Å². The molecule has 1 fully saturated rings. The summed E-state index contributed by atoms with van der Waals surface area (Å²) in [6.45, 7) is 10.3. The molecule has 250 valence electrons. The molecule has 0 bridgehead atoms. The highest BCUT2D eigenvalue weighted by Gasteiger charge is 2.21. The Morgan fingerprint density at radius 1 is 1.04 bits per heavy atom. The summed E-state index contributed by atoms with van der Waals surface area (Å²) in [5.74, 6) is 1.88. The Labute approximate surface area is 286 Å². The number of likely N-dealkylation sites (tertiary alicyclic amines) is 1. The summed E-state index contributed by atoms with van der Waals surface area (Å²) in [7, 11) is 0. The van der Waals surface area contributed by atoms with Crippen LogP contribution in [0.15, 0.2) is 98.1 Å². The zero-order valence-electron chi connectivity index (χ0n) is 27.8. The van der Waals surface area contributed by atoms with Crippen LogP contribution in [0.1, 0.15) is 43.8 Å². The lowest BCUT2D eigenvalue weighted by Gasteiger charge is -2.32. The van der Waals surface area contributed by atoms with E-state index in [1.807, 2.05) is 48.7 Å². The third-order valence-electron chi connectivity index (χ3n) is 7.94. The number of nitrogen functional groups attached to an aromatic ring is 1. The number of nitriles is 1. The Morgan fingerprint density at radius 3 is 2.55 bits per heavy atom. The fourth-order valence-electron chi connectivity index (χ4n) is 5.63. The molecule has 1 aliphatic rings. The van der Waals surface area contributed by atoms with Crippen LogP contribution in [0.4, 0.5) is 11.6 Å². The molecule has 1 saturated heterocycles. The van der Waals surface area contributed by atoms with Gasteiger partial charge in [0, 0.05) is 55.5 Å². The van der Waals surface area contributed by atoms with Gasteiger partial charge in [0.1, 0.15) is 23.2 Å². The predicted molar refractivity (Wildman–Crippen MR) is 194 cm³/mol. The Kier molecular flexibility index (Phi) is 11.8. The van der Waals surface area contributed by atoms with Gasteiger partial charge in [0.2, 0.25) is 5.82 Å². The highest BCUT2D eigenvalue weighted by atomic mass is 16.2. The minimum atomic E-state index is -0.0928. The maximum absolute atomic E-state index is 9.39. The van der Waals surface area contributed by atoms with Crippen molar-refractivity contribution in [2.45, 2.75) is 39.3 Å². The van der Waals surface area contributed by atoms with Crippen LogP contribution >= 0.6 is 0 Å². The predicted octanol–water partition coefficient (Wildman–Crippen LogP) is 5.45. The number of nitrogens with zero attached hydrogens (tertiary/aromatic N) is 8. The molecule has 0 atom stereocenters. The maximum Gasteiger partial charge on any atom is 0.234 e. The van der Waals surface area contributed by atoms with Gasteiger partial charge in [-0.3, -0.25) is 9.47 Å². The van der Waals surface area contributed by atoms with Gasteiger partial charge < -0.3 is 21.5 Å². The number of rotatable bonds is 11. The number of piperidine rings is 1. The summed E-state index contributed by atoms with van der Waals surface area (Å²) in [6, 6.07) is 20.1. The molecule has 5 heterocycles. The Morgan fingerprint density at radius 2 is 1.84 bits per heavy atom. The van der Waals surface area contributed by atoms with E-state index in [2.05, 4.69) is 61.3 Å². The van der Waals surface area contributed by atoms with Crippen LogP contribution in [-0.2, 0) is 6.54 Å². The molecule has 0 unspecified atom stereocenters. The van der Waals surface area contributed by atoms with Gasteiger partial charge in [-0.15, -0.1) is 0 Å². The van der Waals surface area contributed by atoms with Gasteiger partial charge in [0.05, 0.1) is 17.9 Å². The molecule has 4 aromatic heterocycles. The number of benzene rings is 1. The third kappa shape index (κ3) is 8.34. The van der Waals surface area contributed by atoms with Crippen LogP contribution in [-0.4, -0.2) is 65.2 Å². The second-order valence-corrected chi connectivity index (χ2v) is 11.0. The minimum absolute atomic E-state index is 0.0928. The number of fused-ring (bicyclic) bond motifs is 1. The molecule has 6 rings (SSSR count). The van der Waals surface area contributed by atoms with E-state index in [-0.39, 0.29) is 12.4 Å². The Hall–Kier alpha value is -5.90. The highest BCUT2D eigenvalue weighted by molar-refractivity contribution is 5.85. The first-order valence-electron chi connectivity index (χ1n) is 16.3. The standard InChI is InChI=1S/C35H35N11O.C2H6/c1-2-38-22-25(5-4-20-47)29-11-12-30-35(42-29)46(34(43-30)28-6-3-16-40-33(28)37)27-9-7-24(8-10-27)23-45-18-14-26(15-19-45)41-31-13-17-39-32(21-36)44-31;1-2/h2-13,16-17,22,26,38,47H,1,14-15,18-20,23H2,(H2,37,40)(H,39,41,44);1-2H3/b5-4-,25-22+;. The number of imidazole rings is 1. The molecule has 0 saturated carbocycles. The first-order valence-corrected chi connectivity index (χ1v) is 16.3. The van der Waals surface area contributed by atoms with Crippen LogP contribution in [0.25, 0.3) is 33.8 Å². The van der Waals surface area contributed by atoms with Crippen molar-refractivity contribution in [2.24, 2.45) is 0 Å². The summed E-state index contributed by atoms with van der Waals surface area (Å²) in [5, 5.41) is 24.9. The van der Waals surface area contributed by atoms with E-state index in [0.29, 0.717) is 45.9 Å². The molecule has 0 radical (unpaired) electrons. The first-order chi connectivity index (χ1) is 24.1. The van der Waals surface area contributed by atoms with Gasteiger partial charge in [-0.25, -0.2) is 24.9 Å². The number of nitrogens with two attached hydrogens (primary N) is 1. The van der Waals surface area contributed by atoms with Crippen LogP contribution in [0.2, 0.25) is 0 Å². The summed E-state index contributed by atoms with van der Waals surface area (Å²) >= 11 is 0. The van der Waals surface area contributed by atoms with Gasteiger partial charge >= 0.3 is 0 Å². The fraction of sp³-hybridized carbons (Fsp3) is 0.243. The van der Waals surface area contributed by atoms with Crippen molar-refractivity contribution in [2.75, 3.05) is 30.7 Å². The molecule has 0 aliphatic carbocycles. The lowest BCUT2D eigenvalue weighted by atomic mass is 10.0. The van der Waals surface area contributed by atoms with Crippen LogP contribution in [0.5, 0.6) is 0 Å². The molecule has 1 aliphatic heterocycles. The second-order valence-electron chi connectivity index (χ2n) is 11.0. The topological polar surface area (TPSA) is 167 Å². The first kappa shape index (κ1) is 34.4. The summed E-state index contributed by atoms with van der Waals surface area (Å²) < 4.78 is 2.01. The molecule has 12 heteroatoms. The van der Waals surface area contributed by atoms with Crippen molar-refractivity contribution in [1.29, 1.82) is 5.26 Å². The van der Waals surface area contributed by atoms with Crippen molar-refractivity contribution in [3.8, 4) is 23.1 Å². The maximum atomic E-state index is 9.39. The molecule has 12 nitrogen and oxygen atoms in total. The molecule has 5 aromatic rings. The lowest BCUT2D eigenvalue weighted by Crippen LogP contribution is -2.38. The number of pyridine rings is 2. The summed E-state index contributed by atoms with van der Waals surface area (Å²) in [4.78, 5) is 24.9. The van der Waals surface area contributed by atoms with E-state index in [9.17, 15) is 5.11 Å². The largest absolute Gasteiger partial charge is 0.392 e. The minimum Gasteiger partial charge on any atom is -0.392 e.